The standard InChI is InChI=1S/C72H140O17P2/c1-9-65(8)51-43-35-30-31-37-45-53-70(75)83-59-68(89-71(76)54-46-38-27-21-17-15-13-11-10-12-14-16-19-24-32-40-48-62(2)3)61-87-91(80,81)85-57-66(73)56-84-90(78,79)86-60-67(58-82-69(74)52-44-36-29-23-26-34-42-50-64(6)7)88-72(77)55-47-39-28-22-18-20-25-33-41-49-63(4)5/h62-68,73H,9-61H2,1-8H3,(H,78,79)(H,80,81)/t65?,66?,67-,68-/m1/s1. The van der Waals surface area contributed by atoms with Crippen molar-refractivity contribution < 1.29 is 80.2 Å². The van der Waals surface area contributed by atoms with Crippen LogP contribution < -0.4 is 0 Å². The molecule has 0 aliphatic carbocycles. The Morgan fingerprint density at radius 3 is 0.780 bits per heavy atom. The molecule has 3 N–H and O–H groups in total. The lowest BCUT2D eigenvalue weighted by molar-refractivity contribution is -0.161. The number of unbranched alkanes of at least 4 members (excludes halogenated alkanes) is 34. The molecule has 91 heavy (non-hydrogen) atoms. The molecule has 0 rings (SSSR count). The first-order valence-electron chi connectivity index (χ1n) is 37.2. The van der Waals surface area contributed by atoms with Crippen LogP contribution in [-0.2, 0) is 65.4 Å². The van der Waals surface area contributed by atoms with Gasteiger partial charge in [-0.15, -0.1) is 0 Å². The van der Waals surface area contributed by atoms with Crippen LogP contribution in [0.2, 0.25) is 0 Å². The van der Waals surface area contributed by atoms with Gasteiger partial charge in [-0.05, 0) is 49.4 Å². The highest BCUT2D eigenvalue weighted by atomic mass is 31.2. The van der Waals surface area contributed by atoms with Crippen molar-refractivity contribution in [2.45, 2.75) is 375 Å². The normalized spacial score (nSPS) is 14.5. The summed E-state index contributed by atoms with van der Waals surface area (Å²) in [5, 5.41) is 10.6. The van der Waals surface area contributed by atoms with Crippen LogP contribution in [0.25, 0.3) is 0 Å². The first kappa shape index (κ1) is 89.1. The van der Waals surface area contributed by atoms with Gasteiger partial charge in [0, 0.05) is 25.7 Å². The van der Waals surface area contributed by atoms with E-state index < -0.39 is 97.5 Å². The summed E-state index contributed by atoms with van der Waals surface area (Å²) in [5.41, 5.74) is 0. The van der Waals surface area contributed by atoms with Crippen molar-refractivity contribution >= 4 is 39.5 Å². The van der Waals surface area contributed by atoms with E-state index >= 15 is 0 Å². The maximum Gasteiger partial charge on any atom is 0.472 e. The Morgan fingerprint density at radius 2 is 0.527 bits per heavy atom. The third-order valence-corrected chi connectivity index (χ3v) is 18.8. The minimum atomic E-state index is -4.95. The fourth-order valence-electron chi connectivity index (χ4n) is 10.8. The van der Waals surface area contributed by atoms with Crippen molar-refractivity contribution in [2.24, 2.45) is 23.7 Å². The van der Waals surface area contributed by atoms with Crippen LogP contribution in [0.4, 0.5) is 0 Å². The van der Waals surface area contributed by atoms with Crippen LogP contribution in [0.5, 0.6) is 0 Å². The van der Waals surface area contributed by atoms with E-state index in [-0.39, 0.29) is 25.7 Å². The molecule has 0 aromatic carbocycles. The highest BCUT2D eigenvalue weighted by Gasteiger charge is 2.30. The molecule has 0 radical (unpaired) electrons. The average Bonchev–Trinajstić information content (AvgIpc) is 3.04. The van der Waals surface area contributed by atoms with Crippen LogP contribution in [0.15, 0.2) is 0 Å². The fraction of sp³-hybridized carbons (Fsp3) is 0.944. The number of phosphoric acid groups is 2. The Morgan fingerprint density at radius 1 is 0.308 bits per heavy atom. The zero-order valence-corrected chi connectivity index (χ0v) is 61.3. The number of aliphatic hydroxyl groups excluding tert-OH is 1. The zero-order chi connectivity index (χ0) is 67.5. The Balaban J connectivity index is 5.21. The van der Waals surface area contributed by atoms with E-state index in [1.54, 1.807) is 0 Å². The number of aliphatic hydroxyl groups is 1. The van der Waals surface area contributed by atoms with E-state index in [0.29, 0.717) is 31.6 Å². The van der Waals surface area contributed by atoms with Crippen molar-refractivity contribution in [1.82, 2.24) is 0 Å². The van der Waals surface area contributed by atoms with E-state index in [0.717, 1.165) is 120 Å². The van der Waals surface area contributed by atoms with Crippen LogP contribution >= 0.6 is 15.6 Å². The second-order valence-electron chi connectivity index (χ2n) is 27.6. The van der Waals surface area contributed by atoms with Gasteiger partial charge in [0.2, 0.25) is 0 Å². The maximum atomic E-state index is 13.0. The largest absolute Gasteiger partial charge is 0.472 e. The molecule has 0 bridgehead atoms. The van der Waals surface area contributed by atoms with Gasteiger partial charge in [-0.1, -0.05) is 306 Å². The van der Waals surface area contributed by atoms with Gasteiger partial charge in [0.1, 0.15) is 19.3 Å². The van der Waals surface area contributed by atoms with Gasteiger partial charge in [0.05, 0.1) is 26.4 Å². The van der Waals surface area contributed by atoms with Gasteiger partial charge in [0.15, 0.2) is 12.2 Å². The van der Waals surface area contributed by atoms with Gasteiger partial charge in [-0.3, -0.25) is 37.3 Å². The second-order valence-corrected chi connectivity index (χ2v) is 30.6. The van der Waals surface area contributed by atoms with E-state index in [2.05, 4.69) is 55.4 Å². The molecule has 0 fully saturated rings. The summed E-state index contributed by atoms with van der Waals surface area (Å²) in [6.07, 6.45) is 44.6. The lowest BCUT2D eigenvalue weighted by Gasteiger charge is -2.21. The topological polar surface area (TPSA) is 237 Å². The molecule has 0 aromatic heterocycles. The Labute approximate surface area is 556 Å². The summed E-state index contributed by atoms with van der Waals surface area (Å²) in [6.45, 7) is 14.1. The van der Waals surface area contributed by atoms with Crippen molar-refractivity contribution in [3.05, 3.63) is 0 Å². The summed E-state index contributed by atoms with van der Waals surface area (Å²) < 4.78 is 68.3. The molecule has 0 saturated heterocycles. The monoisotopic (exact) mass is 1340 g/mol. The molecular formula is C72H140O17P2. The van der Waals surface area contributed by atoms with Gasteiger partial charge in [0.25, 0.3) is 0 Å². The zero-order valence-electron chi connectivity index (χ0n) is 59.5. The minimum Gasteiger partial charge on any atom is -0.462 e. The number of carbonyl (C=O) groups excluding carboxylic acids is 4. The number of ether oxygens (including phenoxy) is 4. The second kappa shape index (κ2) is 61.6. The number of phosphoric ester groups is 2. The van der Waals surface area contributed by atoms with E-state index in [1.807, 2.05) is 0 Å². The number of rotatable bonds is 69. The lowest BCUT2D eigenvalue weighted by Crippen LogP contribution is -2.30. The highest BCUT2D eigenvalue weighted by Crippen LogP contribution is 2.45. The molecule has 0 amide bonds. The molecule has 0 heterocycles. The smallest absolute Gasteiger partial charge is 0.462 e. The number of esters is 4. The van der Waals surface area contributed by atoms with E-state index in [4.69, 9.17) is 37.0 Å². The predicted octanol–water partition coefficient (Wildman–Crippen LogP) is 20.5. The number of hydrogen-bond donors (Lipinski definition) is 3. The third-order valence-electron chi connectivity index (χ3n) is 16.9. The minimum absolute atomic E-state index is 0.104. The Hall–Kier alpha value is -1.94. The Kier molecular flexibility index (Phi) is 60.3. The molecule has 0 spiro atoms. The van der Waals surface area contributed by atoms with Crippen LogP contribution in [-0.4, -0.2) is 96.7 Å². The predicted molar refractivity (Wildman–Crippen MR) is 367 cm³/mol. The van der Waals surface area contributed by atoms with Crippen molar-refractivity contribution in [2.75, 3.05) is 39.6 Å². The van der Waals surface area contributed by atoms with Crippen molar-refractivity contribution in [3.8, 4) is 0 Å². The maximum absolute atomic E-state index is 13.0. The van der Waals surface area contributed by atoms with Gasteiger partial charge >= 0.3 is 39.5 Å². The van der Waals surface area contributed by atoms with E-state index in [9.17, 15) is 43.2 Å². The van der Waals surface area contributed by atoms with Crippen LogP contribution in [0, 0.1) is 23.7 Å². The van der Waals surface area contributed by atoms with Gasteiger partial charge in [-0.2, -0.15) is 0 Å². The quantitative estimate of drug-likeness (QED) is 0.0222. The summed E-state index contributed by atoms with van der Waals surface area (Å²) in [6, 6.07) is 0. The molecule has 17 nitrogen and oxygen atoms in total. The van der Waals surface area contributed by atoms with Gasteiger partial charge in [-0.25, -0.2) is 9.13 Å². The molecular weight excluding hydrogens is 1200 g/mol. The molecule has 0 aliphatic heterocycles. The van der Waals surface area contributed by atoms with Crippen molar-refractivity contribution in [1.29, 1.82) is 0 Å². The van der Waals surface area contributed by atoms with Crippen molar-refractivity contribution in [3.63, 3.8) is 0 Å². The molecule has 6 atom stereocenters. The first-order valence-corrected chi connectivity index (χ1v) is 40.2. The first-order chi connectivity index (χ1) is 43.6. The van der Waals surface area contributed by atoms with Gasteiger partial charge < -0.3 is 33.8 Å². The Bertz CT molecular complexity index is 1800. The molecule has 4 unspecified atom stereocenters. The molecule has 19 heteroatoms. The number of carbonyl (C=O) groups is 4. The summed E-state index contributed by atoms with van der Waals surface area (Å²) in [7, 11) is -9.90. The summed E-state index contributed by atoms with van der Waals surface area (Å²) in [4.78, 5) is 72.6. The molecule has 540 valence electrons. The number of hydrogen-bond acceptors (Lipinski definition) is 15. The third kappa shape index (κ3) is 65.1. The molecule has 0 aromatic rings. The van der Waals surface area contributed by atoms with E-state index in [1.165, 1.54) is 148 Å². The van der Waals surface area contributed by atoms with Crippen LogP contribution in [0.1, 0.15) is 357 Å². The van der Waals surface area contributed by atoms with Crippen LogP contribution in [0.3, 0.4) is 0 Å². The summed E-state index contributed by atoms with van der Waals surface area (Å²) in [5.74, 6) is 0.852. The summed E-state index contributed by atoms with van der Waals surface area (Å²) >= 11 is 0. The SMILES string of the molecule is CCC(C)CCCCCCCCC(=O)OC[C@H](COP(=O)(O)OCC(O)COP(=O)(O)OC[C@@H](COC(=O)CCCCCCCCCC(C)C)OC(=O)CCCCCCCCCCCC(C)C)OC(=O)CCCCCCCCCCCCCCCCCCC(C)C. The highest BCUT2D eigenvalue weighted by molar-refractivity contribution is 7.47. The lowest BCUT2D eigenvalue weighted by atomic mass is 10.00. The fourth-order valence-corrected chi connectivity index (χ4v) is 12.4. The molecule has 0 saturated carbocycles. The molecule has 0 aliphatic rings. The average molecular weight is 1340 g/mol.